The van der Waals surface area contributed by atoms with Gasteiger partial charge in [0.05, 0.1) is 25.3 Å². The molecule has 0 aromatic carbocycles. The number of fused-ring (bicyclic) bond motifs is 1. The zero-order valence-electron chi connectivity index (χ0n) is 14.3. The minimum absolute atomic E-state index is 0. The predicted octanol–water partition coefficient (Wildman–Crippen LogP) is 1.78. The summed E-state index contributed by atoms with van der Waals surface area (Å²) in [7, 11) is 0. The first kappa shape index (κ1) is 20.5. The quantitative estimate of drug-likeness (QED) is 0.850. The molecule has 0 saturated carbocycles. The van der Waals surface area contributed by atoms with Crippen molar-refractivity contribution in [2.24, 2.45) is 5.92 Å². The van der Waals surface area contributed by atoms with Crippen LogP contribution in [-0.4, -0.2) is 67.7 Å². The molecule has 0 aliphatic carbocycles. The summed E-state index contributed by atoms with van der Waals surface area (Å²) in [6.45, 7) is 6.93. The number of rotatable bonds is 3. The number of halogens is 2. The number of hydrogen-bond donors (Lipinski definition) is 1. The van der Waals surface area contributed by atoms with Gasteiger partial charge in [0.15, 0.2) is 0 Å². The number of carbonyl (C=O) groups excluding carboxylic acids is 1. The Morgan fingerprint density at radius 2 is 2.04 bits per heavy atom. The van der Waals surface area contributed by atoms with Crippen LogP contribution in [0.15, 0.2) is 16.7 Å². The lowest BCUT2D eigenvalue weighted by atomic mass is 9.94. The van der Waals surface area contributed by atoms with E-state index in [2.05, 4.69) is 10.2 Å². The predicted molar refractivity (Wildman–Crippen MR) is 99.7 cm³/mol. The second kappa shape index (κ2) is 9.24. The highest BCUT2D eigenvalue weighted by atomic mass is 35.5. The lowest BCUT2D eigenvalue weighted by molar-refractivity contribution is 0.0313. The third kappa shape index (κ3) is 4.68. The molecule has 1 N–H and O–H groups in total. The SMILES string of the molecule is Cl.Cl.O=C(c1coc(CN2CCOCC2)c1)N1C[C@@H]2CCCN[C@@H]2C1. The van der Waals surface area contributed by atoms with Crippen LogP contribution < -0.4 is 5.32 Å². The van der Waals surface area contributed by atoms with Gasteiger partial charge in [-0.25, -0.2) is 0 Å². The maximum Gasteiger partial charge on any atom is 0.257 e. The normalized spacial score (nSPS) is 26.5. The maximum absolute atomic E-state index is 12.7. The van der Waals surface area contributed by atoms with E-state index in [0.717, 1.165) is 58.2 Å². The first-order valence-electron chi connectivity index (χ1n) is 8.70. The number of piperidine rings is 1. The van der Waals surface area contributed by atoms with Crippen molar-refractivity contribution in [1.29, 1.82) is 0 Å². The van der Waals surface area contributed by atoms with E-state index in [4.69, 9.17) is 9.15 Å². The summed E-state index contributed by atoms with van der Waals surface area (Å²) >= 11 is 0. The van der Waals surface area contributed by atoms with E-state index in [1.54, 1.807) is 6.26 Å². The summed E-state index contributed by atoms with van der Waals surface area (Å²) in [5, 5.41) is 3.54. The van der Waals surface area contributed by atoms with Gasteiger partial charge in [0.2, 0.25) is 0 Å². The van der Waals surface area contributed by atoms with Gasteiger partial charge < -0.3 is 19.4 Å². The van der Waals surface area contributed by atoms with E-state index in [1.165, 1.54) is 12.8 Å². The molecule has 1 aromatic heterocycles. The van der Waals surface area contributed by atoms with Crippen molar-refractivity contribution in [3.05, 3.63) is 23.7 Å². The summed E-state index contributed by atoms with van der Waals surface area (Å²) in [5.74, 6) is 1.59. The molecule has 0 unspecified atom stereocenters. The molecule has 3 aliphatic heterocycles. The molecule has 1 aromatic rings. The molecule has 3 aliphatic rings. The number of carbonyl (C=O) groups is 1. The Morgan fingerprint density at radius 1 is 1.24 bits per heavy atom. The van der Waals surface area contributed by atoms with Gasteiger partial charge in [-0.2, -0.15) is 0 Å². The molecule has 8 heteroatoms. The number of furan rings is 1. The molecule has 6 nitrogen and oxygen atoms in total. The second-order valence-electron chi connectivity index (χ2n) is 6.86. The van der Waals surface area contributed by atoms with Crippen LogP contribution in [0.4, 0.5) is 0 Å². The van der Waals surface area contributed by atoms with Gasteiger partial charge in [0, 0.05) is 32.2 Å². The molecule has 2 atom stereocenters. The van der Waals surface area contributed by atoms with Crippen LogP contribution >= 0.6 is 24.8 Å². The van der Waals surface area contributed by atoms with E-state index in [1.807, 2.05) is 11.0 Å². The highest BCUT2D eigenvalue weighted by Gasteiger charge is 2.36. The van der Waals surface area contributed by atoms with Crippen molar-refractivity contribution in [2.45, 2.75) is 25.4 Å². The number of ether oxygens (including phenoxy) is 1. The van der Waals surface area contributed by atoms with Crippen LogP contribution in [0.2, 0.25) is 0 Å². The molecular weight excluding hydrogens is 365 g/mol. The van der Waals surface area contributed by atoms with E-state index in [9.17, 15) is 4.79 Å². The summed E-state index contributed by atoms with van der Waals surface area (Å²) in [6, 6.07) is 2.39. The van der Waals surface area contributed by atoms with Crippen LogP contribution in [0, 0.1) is 5.92 Å². The topological polar surface area (TPSA) is 58.0 Å². The molecule has 0 radical (unpaired) electrons. The van der Waals surface area contributed by atoms with E-state index in [-0.39, 0.29) is 30.7 Å². The monoisotopic (exact) mass is 391 g/mol. The maximum atomic E-state index is 12.7. The standard InChI is InChI=1S/C17H25N3O3.2ClH/c21-17(20-9-13-2-1-3-18-16(13)11-20)14-8-15(23-12-14)10-19-4-6-22-7-5-19;;/h8,12-13,16,18H,1-7,9-11H2;2*1H/t13-,16+;;/m0../s1. The zero-order chi connectivity index (χ0) is 15.6. The van der Waals surface area contributed by atoms with Gasteiger partial charge in [-0.15, -0.1) is 24.8 Å². The van der Waals surface area contributed by atoms with Crippen molar-refractivity contribution in [1.82, 2.24) is 15.1 Å². The van der Waals surface area contributed by atoms with Gasteiger partial charge in [-0.05, 0) is 31.4 Å². The Bertz CT molecular complexity index is 549. The van der Waals surface area contributed by atoms with Gasteiger partial charge in [0.25, 0.3) is 5.91 Å². The number of morpholine rings is 1. The zero-order valence-corrected chi connectivity index (χ0v) is 15.9. The van der Waals surface area contributed by atoms with E-state index < -0.39 is 0 Å². The van der Waals surface area contributed by atoms with Crippen molar-refractivity contribution in [3.8, 4) is 0 Å². The molecule has 3 fully saturated rings. The van der Waals surface area contributed by atoms with Crippen molar-refractivity contribution >= 4 is 30.7 Å². The molecular formula is C17H27Cl2N3O3. The van der Waals surface area contributed by atoms with Crippen LogP contribution in [0.1, 0.15) is 29.0 Å². The fraction of sp³-hybridized carbons (Fsp3) is 0.706. The van der Waals surface area contributed by atoms with Crippen molar-refractivity contribution in [3.63, 3.8) is 0 Å². The molecule has 0 spiro atoms. The smallest absolute Gasteiger partial charge is 0.257 e. The largest absolute Gasteiger partial charge is 0.467 e. The van der Waals surface area contributed by atoms with E-state index >= 15 is 0 Å². The van der Waals surface area contributed by atoms with Crippen LogP contribution in [0.3, 0.4) is 0 Å². The van der Waals surface area contributed by atoms with Crippen LogP contribution in [0.25, 0.3) is 0 Å². The first-order valence-corrected chi connectivity index (χ1v) is 8.70. The van der Waals surface area contributed by atoms with Gasteiger partial charge in [0.1, 0.15) is 12.0 Å². The van der Waals surface area contributed by atoms with Gasteiger partial charge >= 0.3 is 0 Å². The third-order valence-electron chi connectivity index (χ3n) is 5.27. The molecule has 4 rings (SSSR count). The first-order chi connectivity index (χ1) is 11.3. The van der Waals surface area contributed by atoms with Crippen LogP contribution in [-0.2, 0) is 11.3 Å². The molecule has 4 heterocycles. The van der Waals surface area contributed by atoms with Crippen molar-refractivity contribution in [2.75, 3.05) is 45.9 Å². The number of likely N-dealkylation sites (tertiary alicyclic amines) is 1. The number of nitrogens with zero attached hydrogens (tertiary/aromatic N) is 2. The Kier molecular flexibility index (Phi) is 7.58. The van der Waals surface area contributed by atoms with Crippen LogP contribution in [0.5, 0.6) is 0 Å². The van der Waals surface area contributed by atoms with E-state index in [0.29, 0.717) is 17.5 Å². The highest BCUT2D eigenvalue weighted by Crippen LogP contribution is 2.26. The lowest BCUT2D eigenvalue weighted by Gasteiger charge is -2.25. The fourth-order valence-electron chi connectivity index (χ4n) is 3.95. The number of nitrogens with one attached hydrogen (secondary N) is 1. The Morgan fingerprint density at radius 3 is 2.80 bits per heavy atom. The van der Waals surface area contributed by atoms with Crippen molar-refractivity contribution < 1.29 is 13.9 Å². The lowest BCUT2D eigenvalue weighted by Crippen LogP contribution is -2.41. The summed E-state index contributed by atoms with van der Waals surface area (Å²) < 4.78 is 11.0. The average molecular weight is 392 g/mol. The molecule has 0 bridgehead atoms. The van der Waals surface area contributed by atoms with Gasteiger partial charge in [-0.3, -0.25) is 9.69 Å². The summed E-state index contributed by atoms with van der Waals surface area (Å²) in [6.07, 6.45) is 4.07. The Labute approximate surface area is 161 Å². The number of amides is 1. The second-order valence-corrected chi connectivity index (χ2v) is 6.86. The minimum Gasteiger partial charge on any atom is -0.467 e. The fourth-order valence-corrected chi connectivity index (χ4v) is 3.95. The minimum atomic E-state index is 0. The highest BCUT2D eigenvalue weighted by molar-refractivity contribution is 5.94. The summed E-state index contributed by atoms with van der Waals surface area (Å²) in [4.78, 5) is 17.0. The molecule has 142 valence electrons. The molecule has 1 amide bonds. The number of hydrogen-bond acceptors (Lipinski definition) is 5. The van der Waals surface area contributed by atoms with Gasteiger partial charge in [-0.1, -0.05) is 0 Å². The third-order valence-corrected chi connectivity index (χ3v) is 5.27. The Hall–Kier alpha value is -0.790. The average Bonchev–Trinajstić information content (AvgIpc) is 3.21. The Balaban J connectivity index is 0.00000113. The molecule has 3 saturated heterocycles. The summed E-state index contributed by atoms with van der Waals surface area (Å²) in [5.41, 5.74) is 0.687. The molecule has 25 heavy (non-hydrogen) atoms.